The van der Waals surface area contributed by atoms with Crippen molar-refractivity contribution in [1.82, 2.24) is 9.78 Å². The summed E-state index contributed by atoms with van der Waals surface area (Å²) in [6.45, 7) is 0.883. The number of amides is 1. The molecule has 3 aromatic carbocycles. The average molecular weight is 464 g/mol. The molecule has 1 aliphatic rings. The van der Waals surface area contributed by atoms with Gasteiger partial charge in [0, 0.05) is 12.3 Å². The molecule has 5 aromatic rings. The zero-order valence-electron chi connectivity index (χ0n) is 19.2. The Bertz CT molecular complexity index is 1510. The third-order valence-corrected chi connectivity index (χ3v) is 6.43. The fourth-order valence-electron chi connectivity index (χ4n) is 4.67. The molecule has 0 unspecified atom stereocenters. The second-order valence-corrected chi connectivity index (χ2v) is 8.83. The van der Waals surface area contributed by atoms with Crippen LogP contribution in [0.1, 0.15) is 39.4 Å². The number of aromatic nitrogens is 2. The second kappa shape index (κ2) is 9.14. The number of furan rings is 1. The van der Waals surface area contributed by atoms with Crippen molar-refractivity contribution < 1.29 is 13.9 Å². The topological polar surface area (TPSA) is 69.3 Å². The SMILES string of the molecule is O=C(Nc1ccn(Cc2cccc3ccccc23)n1)c1ccc(COc2ccc3c(c2)CCC3)o1. The molecule has 1 aliphatic carbocycles. The first kappa shape index (κ1) is 21.2. The first-order valence-electron chi connectivity index (χ1n) is 11.9. The molecule has 174 valence electrons. The number of ether oxygens (including phenoxy) is 1. The molecule has 0 saturated carbocycles. The fraction of sp³-hybridized carbons (Fsp3) is 0.172. The molecule has 0 bridgehead atoms. The zero-order chi connectivity index (χ0) is 23.6. The number of benzene rings is 3. The minimum atomic E-state index is -0.343. The van der Waals surface area contributed by atoms with Crippen LogP contribution in [0.3, 0.4) is 0 Å². The molecule has 35 heavy (non-hydrogen) atoms. The van der Waals surface area contributed by atoms with E-state index in [-0.39, 0.29) is 18.3 Å². The average Bonchev–Trinajstić information content (AvgIpc) is 3.64. The van der Waals surface area contributed by atoms with Crippen molar-refractivity contribution in [3.8, 4) is 5.75 Å². The number of hydrogen-bond acceptors (Lipinski definition) is 4. The van der Waals surface area contributed by atoms with Gasteiger partial charge in [-0.1, -0.05) is 48.5 Å². The van der Waals surface area contributed by atoms with Crippen LogP contribution in [0.25, 0.3) is 10.8 Å². The maximum Gasteiger partial charge on any atom is 0.292 e. The maximum absolute atomic E-state index is 12.7. The van der Waals surface area contributed by atoms with Crippen LogP contribution in [-0.2, 0) is 26.0 Å². The minimum absolute atomic E-state index is 0.223. The van der Waals surface area contributed by atoms with Crippen LogP contribution in [0.15, 0.2) is 89.5 Å². The number of fused-ring (bicyclic) bond motifs is 2. The Hall–Kier alpha value is -4.32. The van der Waals surface area contributed by atoms with Crippen LogP contribution in [0.2, 0.25) is 0 Å². The predicted molar refractivity (Wildman–Crippen MR) is 135 cm³/mol. The summed E-state index contributed by atoms with van der Waals surface area (Å²) in [4.78, 5) is 12.7. The second-order valence-electron chi connectivity index (χ2n) is 8.83. The summed E-state index contributed by atoms with van der Waals surface area (Å²) < 4.78 is 13.4. The van der Waals surface area contributed by atoms with Gasteiger partial charge in [0.15, 0.2) is 11.6 Å². The Labute approximate surface area is 203 Å². The lowest BCUT2D eigenvalue weighted by Crippen LogP contribution is -2.12. The molecule has 0 aliphatic heterocycles. The predicted octanol–water partition coefficient (Wildman–Crippen LogP) is 6.00. The number of aryl methyl sites for hydroxylation is 2. The number of nitrogens with one attached hydrogen (secondary N) is 1. The molecule has 6 heteroatoms. The fourth-order valence-corrected chi connectivity index (χ4v) is 4.67. The monoisotopic (exact) mass is 463 g/mol. The van der Waals surface area contributed by atoms with Gasteiger partial charge in [-0.25, -0.2) is 0 Å². The lowest BCUT2D eigenvalue weighted by molar-refractivity contribution is 0.0992. The summed E-state index contributed by atoms with van der Waals surface area (Å²) in [5.74, 6) is 1.77. The first-order valence-corrected chi connectivity index (χ1v) is 11.9. The normalized spacial score (nSPS) is 12.6. The molecule has 0 radical (unpaired) electrons. The summed E-state index contributed by atoms with van der Waals surface area (Å²) in [7, 11) is 0. The number of hydrogen-bond donors (Lipinski definition) is 1. The lowest BCUT2D eigenvalue weighted by atomic mass is 10.0. The Morgan fingerprint density at radius 2 is 1.86 bits per heavy atom. The first-order chi connectivity index (χ1) is 17.2. The number of carbonyl (C=O) groups is 1. The van der Waals surface area contributed by atoms with Crippen LogP contribution in [0, 0.1) is 0 Å². The molecule has 0 spiro atoms. The van der Waals surface area contributed by atoms with E-state index in [1.165, 1.54) is 33.9 Å². The summed E-state index contributed by atoms with van der Waals surface area (Å²) in [5.41, 5.74) is 3.94. The summed E-state index contributed by atoms with van der Waals surface area (Å²) in [5, 5.41) is 9.71. The molecule has 0 fully saturated rings. The summed E-state index contributed by atoms with van der Waals surface area (Å²) in [6, 6.07) is 26.0. The Balaban J connectivity index is 1.07. The van der Waals surface area contributed by atoms with Gasteiger partial charge in [0.2, 0.25) is 0 Å². The van der Waals surface area contributed by atoms with Crippen molar-refractivity contribution in [1.29, 1.82) is 0 Å². The highest BCUT2D eigenvalue weighted by molar-refractivity contribution is 6.01. The standard InChI is InChI=1S/C29H25N3O3/c33-29(27-14-13-25(35-27)19-34-24-12-11-20-6-3-8-22(20)17-24)30-28-15-16-32(31-28)18-23-9-4-7-21-5-1-2-10-26(21)23/h1-2,4-5,7,9-17H,3,6,8,18-19H2,(H,30,31,33). The molecule has 1 amide bonds. The zero-order valence-corrected chi connectivity index (χ0v) is 19.2. The lowest BCUT2D eigenvalue weighted by Gasteiger charge is -2.07. The van der Waals surface area contributed by atoms with Gasteiger partial charge in [0.25, 0.3) is 5.91 Å². The largest absolute Gasteiger partial charge is 0.486 e. The van der Waals surface area contributed by atoms with Gasteiger partial charge < -0.3 is 14.5 Å². The number of rotatable bonds is 7. The molecular weight excluding hydrogens is 438 g/mol. The van der Waals surface area contributed by atoms with Crippen molar-refractivity contribution in [2.45, 2.75) is 32.4 Å². The quantitative estimate of drug-likeness (QED) is 0.322. The molecule has 6 rings (SSSR count). The Morgan fingerprint density at radius 1 is 0.971 bits per heavy atom. The minimum Gasteiger partial charge on any atom is -0.486 e. The molecule has 6 nitrogen and oxygen atoms in total. The van der Waals surface area contributed by atoms with Gasteiger partial charge in [-0.05, 0) is 71.0 Å². The smallest absolute Gasteiger partial charge is 0.292 e. The molecule has 0 atom stereocenters. The van der Waals surface area contributed by atoms with E-state index >= 15 is 0 Å². The van der Waals surface area contributed by atoms with E-state index in [9.17, 15) is 4.79 Å². The van der Waals surface area contributed by atoms with Gasteiger partial charge in [0.05, 0.1) is 6.54 Å². The van der Waals surface area contributed by atoms with Crippen LogP contribution in [0.4, 0.5) is 5.82 Å². The van der Waals surface area contributed by atoms with Gasteiger partial charge in [-0.15, -0.1) is 0 Å². The van der Waals surface area contributed by atoms with Crippen molar-refractivity contribution in [3.05, 3.63) is 113 Å². The highest BCUT2D eigenvalue weighted by Gasteiger charge is 2.15. The van der Waals surface area contributed by atoms with Crippen LogP contribution in [-0.4, -0.2) is 15.7 Å². The van der Waals surface area contributed by atoms with Gasteiger partial charge >= 0.3 is 0 Å². The van der Waals surface area contributed by atoms with Gasteiger partial charge in [-0.2, -0.15) is 5.10 Å². The summed E-state index contributed by atoms with van der Waals surface area (Å²) in [6.07, 6.45) is 5.31. The molecule has 2 aromatic heterocycles. The Kier molecular flexibility index (Phi) is 5.54. The number of anilines is 1. The molecule has 1 N–H and O–H groups in total. The molecule has 0 saturated heterocycles. The highest BCUT2D eigenvalue weighted by atomic mass is 16.5. The van der Waals surface area contributed by atoms with Crippen LogP contribution in [0.5, 0.6) is 5.75 Å². The van der Waals surface area contributed by atoms with Gasteiger partial charge in [-0.3, -0.25) is 9.48 Å². The maximum atomic E-state index is 12.7. The molecular formula is C29H25N3O3. The summed E-state index contributed by atoms with van der Waals surface area (Å²) >= 11 is 0. The molecule has 2 heterocycles. The number of nitrogens with zero attached hydrogens (tertiary/aromatic N) is 2. The van der Waals surface area contributed by atoms with E-state index in [0.29, 0.717) is 18.1 Å². The van der Waals surface area contributed by atoms with Crippen molar-refractivity contribution >= 4 is 22.5 Å². The van der Waals surface area contributed by atoms with Crippen LogP contribution >= 0.6 is 0 Å². The van der Waals surface area contributed by atoms with Gasteiger partial charge in [0.1, 0.15) is 18.1 Å². The third-order valence-electron chi connectivity index (χ3n) is 6.43. The third kappa shape index (κ3) is 4.55. The van der Waals surface area contributed by atoms with E-state index in [4.69, 9.17) is 9.15 Å². The van der Waals surface area contributed by atoms with E-state index < -0.39 is 0 Å². The Morgan fingerprint density at radius 3 is 2.83 bits per heavy atom. The van der Waals surface area contributed by atoms with Crippen LogP contribution < -0.4 is 10.1 Å². The van der Waals surface area contributed by atoms with Crippen molar-refractivity contribution in [2.75, 3.05) is 5.32 Å². The van der Waals surface area contributed by atoms with E-state index in [0.717, 1.165) is 18.6 Å². The highest BCUT2D eigenvalue weighted by Crippen LogP contribution is 2.26. The van der Waals surface area contributed by atoms with E-state index in [2.05, 4.69) is 46.8 Å². The van der Waals surface area contributed by atoms with E-state index in [1.54, 1.807) is 18.2 Å². The van der Waals surface area contributed by atoms with E-state index in [1.807, 2.05) is 35.1 Å². The number of carbonyl (C=O) groups excluding carboxylic acids is 1. The van der Waals surface area contributed by atoms with Crippen molar-refractivity contribution in [3.63, 3.8) is 0 Å². The van der Waals surface area contributed by atoms with Crippen molar-refractivity contribution in [2.24, 2.45) is 0 Å².